The fourth-order valence-corrected chi connectivity index (χ4v) is 3.20. The quantitative estimate of drug-likeness (QED) is 0.384. The minimum Gasteiger partial charge on any atom is -0.383 e. The highest BCUT2D eigenvalue weighted by Gasteiger charge is 2.42. The Balaban J connectivity index is 3.40. The molecule has 0 amide bonds. The van der Waals surface area contributed by atoms with Crippen molar-refractivity contribution in [2.45, 2.75) is 41.1 Å². The molecule has 0 spiro atoms. The summed E-state index contributed by atoms with van der Waals surface area (Å²) in [6.07, 6.45) is -5.76. The van der Waals surface area contributed by atoms with E-state index in [1.165, 1.54) is 13.8 Å². The Labute approximate surface area is 163 Å². The van der Waals surface area contributed by atoms with Crippen LogP contribution in [-0.4, -0.2) is 29.2 Å². The standard InChI is InChI=1S/C14H15Cl3F4O4S/c1-8(2)26(23,24)25-7-12(22,6-13(15,16)17)9-3-10(14(19,20)21)5-11(18)4-9/h3-5,8,22H,6-7H2,1-2H3. The summed E-state index contributed by atoms with van der Waals surface area (Å²) in [6, 6.07) is 1.23. The largest absolute Gasteiger partial charge is 0.416 e. The third-order valence-corrected chi connectivity index (χ3v) is 5.30. The number of hydrogen-bond acceptors (Lipinski definition) is 4. The van der Waals surface area contributed by atoms with Crippen molar-refractivity contribution < 1.29 is 35.3 Å². The summed E-state index contributed by atoms with van der Waals surface area (Å²) in [5.41, 5.74) is -4.56. The second-order valence-electron chi connectivity index (χ2n) is 5.85. The van der Waals surface area contributed by atoms with Crippen molar-refractivity contribution >= 4 is 44.9 Å². The van der Waals surface area contributed by atoms with E-state index in [2.05, 4.69) is 4.18 Å². The molecule has 0 aliphatic carbocycles. The first-order valence-corrected chi connectivity index (χ1v) is 9.62. The highest BCUT2D eigenvalue weighted by molar-refractivity contribution is 7.87. The molecule has 150 valence electrons. The number of rotatable bonds is 6. The lowest BCUT2D eigenvalue weighted by Gasteiger charge is -2.31. The maximum Gasteiger partial charge on any atom is 0.416 e. The Kier molecular flexibility index (Phi) is 7.27. The molecule has 0 saturated carbocycles. The van der Waals surface area contributed by atoms with Gasteiger partial charge in [-0.1, -0.05) is 34.8 Å². The Hall–Kier alpha value is -0.320. The smallest absolute Gasteiger partial charge is 0.383 e. The Morgan fingerprint density at radius 3 is 2.04 bits per heavy atom. The molecular weight excluding hydrogens is 447 g/mol. The maximum atomic E-state index is 13.7. The van der Waals surface area contributed by atoms with E-state index >= 15 is 0 Å². The van der Waals surface area contributed by atoms with Crippen LogP contribution in [0.25, 0.3) is 0 Å². The van der Waals surface area contributed by atoms with Gasteiger partial charge in [0.05, 0.1) is 17.4 Å². The summed E-state index contributed by atoms with van der Waals surface area (Å²) in [4.78, 5) is 0. The van der Waals surface area contributed by atoms with Gasteiger partial charge in [0.25, 0.3) is 10.1 Å². The zero-order valence-electron chi connectivity index (χ0n) is 13.4. The highest BCUT2D eigenvalue weighted by atomic mass is 35.6. The van der Waals surface area contributed by atoms with Gasteiger partial charge in [-0.3, -0.25) is 4.18 Å². The molecule has 1 rings (SSSR count). The second-order valence-corrected chi connectivity index (χ2v) is 10.5. The van der Waals surface area contributed by atoms with Gasteiger partial charge in [-0.2, -0.15) is 21.6 Å². The van der Waals surface area contributed by atoms with Crippen LogP contribution in [0.15, 0.2) is 18.2 Å². The molecule has 0 saturated heterocycles. The number of halogens is 7. The molecule has 4 nitrogen and oxygen atoms in total. The van der Waals surface area contributed by atoms with Crippen LogP contribution in [-0.2, 0) is 26.1 Å². The highest BCUT2D eigenvalue weighted by Crippen LogP contribution is 2.42. The molecular formula is C14H15Cl3F4O4S. The first-order valence-electron chi connectivity index (χ1n) is 7.02. The van der Waals surface area contributed by atoms with Crippen LogP contribution in [0.1, 0.15) is 31.4 Å². The molecule has 1 aromatic carbocycles. The second kappa shape index (κ2) is 7.97. The molecule has 0 aliphatic heterocycles. The predicted molar refractivity (Wildman–Crippen MR) is 90.2 cm³/mol. The zero-order valence-corrected chi connectivity index (χ0v) is 16.5. The van der Waals surface area contributed by atoms with Crippen LogP contribution in [0.2, 0.25) is 0 Å². The van der Waals surface area contributed by atoms with Gasteiger partial charge in [0, 0.05) is 6.42 Å². The van der Waals surface area contributed by atoms with Crippen LogP contribution in [0.4, 0.5) is 17.6 Å². The Morgan fingerprint density at radius 2 is 1.62 bits per heavy atom. The third-order valence-electron chi connectivity index (χ3n) is 3.29. The molecule has 1 aromatic rings. The van der Waals surface area contributed by atoms with Crippen LogP contribution < -0.4 is 0 Å². The molecule has 1 unspecified atom stereocenters. The van der Waals surface area contributed by atoms with E-state index in [-0.39, 0.29) is 6.07 Å². The van der Waals surface area contributed by atoms with Crippen LogP contribution in [0, 0.1) is 5.82 Å². The molecule has 1 atom stereocenters. The Bertz CT molecular complexity index is 748. The molecule has 0 bridgehead atoms. The molecule has 0 aliphatic rings. The molecule has 0 aromatic heterocycles. The molecule has 0 fully saturated rings. The molecule has 1 N–H and O–H groups in total. The first-order chi connectivity index (χ1) is 11.5. The number of aliphatic hydroxyl groups is 1. The molecule has 0 radical (unpaired) electrons. The summed E-state index contributed by atoms with van der Waals surface area (Å²) in [5, 5.41) is 9.70. The molecule has 0 heterocycles. The average Bonchev–Trinajstić information content (AvgIpc) is 2.42. The summed E-state index contributed by atoms with van der Waals surface area (Å²) in [5.74, 6) is -1.32. The lowest BCUT2D eigenvalue weighted by atomic mass is 9.90. The fraction of sp³-hybridized carbons (Fsp3) is 0.571. The van der Waals surface area contributed by atoms with Crippen LogP contribution >= 0.6 is 34.8 Å². The maximum absolute atomic E-state index is 13.7. The van der Waals surface area contributed by atoms with Gasteiger partial charge < -0.3 is 5.11 Å². The van der Waals surface area contributed by atoms with E-state index in [9.17, 15) is 31.1 Å². The van der Waals surface area contributed by atoms with Gasteiger partial charge in [0.1, 0.15) is 11.4 Å². The molecule has 26 heavy (non-hydrogen) atoms. The van der Waals surface area contributed by atoms with Crippen molar-refractivity contribution in [3.05, 3.63) is 35.1 Å². The number of benzene rings is 1. The van der Waals surface area contributed by atoms with Gasteiger partial charge in [-0.05, 0) is 37.6 Å². The van der Waals surface area contributed by atoms with Crippen LogP contribution in [0.5, 0.6) is 0 Å². The van der Waals surface area contributed by atoms with Crippen molar-refractivity contribution in [1.82, 2.24) is 0 Å². The predicted octanol–water partition coefficient (Wildman–Crippen LogP) is 4.55. The molecule has 12 heteroatoms. The first kappa shape index (κ1) is 23.7. The fourth-order valence-electron chi connectivity index (χ4n) is 1.91. The average molecular weight is 462 g/mol. The van der Waals surface area contributed by atoms with Gasteiger partial charge in [-0.15, -0.1) is 0 Å². The monoisotopic (exact) mass is 460 g/mol. The number of alkyl halides is 6. The lowest BCUT2D eigenvalue weighted by molar-refractivity contribution is -0.138. The van der Waals surface area contributed by atoms with E-state index in [1.54, 1.807) is 0 Å². The van der Waals surface area contributed by atoms with Gasteiger partial charge in [0.2, 0.25) is 0 Å². The zero-order chi connectivity index (χ0) is 20.6. The summed E-state index contributed by atoms with van der Waals surface area (Å²) < 4.78 is 78.4. The van der Waals surface area contributed by atoms with Crippen LogP contribution in [0.3, 0.4) is 0 Å². The normalized spacial score (nSPS) is 16.0. The van der Waals surface area contributed by atoms with E-state index in [0.717, 1.165) is 0 Å². The van der Waals surface area contributed by atoms with Crippen molar-refractivity contribution in [1.29, 1.82) is 0 Å². The summed E-state index contributed by atoms with van der Waals surface area (Å²) in [7, 11) is -4.15. The van der Waals surface area contributed by atoms with E-state index in [4.69, 9.17) is 34.8 Å². The van der Waals surface area contributed by atoms with E-state index in [0.29, 0.717) is 12.1 Å². The minimum atomic E-state index is -4.91. The van der Waals surface area contributed by atoms with E-state index < -0.39 is 60.9 Å². The van der Waals surface area contributed by atoms with Crippen molar-refractivity contribution in [3.8, 4) is 0 Å². The summed E-state index contributed by atoms with van der Waals surface area (Å²) in [6.45, 7) is 1.50. The SMILES string of the molecule is CC(C)S(=O)(=O)OCC(O)(CC(Cl)(Cl)Cl)c1cc(F)cc(C(F)(F)F)c1. The van der Waals surface area contributed by atoms with Gasteiger partial charge in [-0.25, -0.2) is 4.39 Å². The Morgan fingerprint density at radius 1 is 1.12 bits per heavy atom. The van der Waals surface area contributed by atoms with Gasteiger partial charge >= 0.3 is 6.18 Å². The van der Waals surface area contributed by atoms with Crippen molar-refractivity contribution in [3.63, 3.8) is 0 Å². The van der Waals surface area contributed by atoms with E-state index in [1.807, 2.05) is 0 Å². The third kappa shape index (κ3) is 6.69. The number of hydrogen-bond donors (Lipinski definition) is 1. The summed E-state index contributed by atoms with van der Waals surface area (Å²) >= 11 is 16.8. The minimum absolute atomic E-state index is 0.213. The lowest BCUT2D eigenvalue weighted by Crippen LogP contribution is -2.38. The topological polar surface area (TPSA) is 63.6 Å². The van der Waals surface area contributed by atoms with Gasteiger partial charge in [0.15, 0.2) is 3.79 Å². The van der Waals surface area contributed by atoms with Crippen molar-refractivity contribution in [2.24, 2.45) is 0 Å². The van der Waals surface area contributed by atoms with Crippen molar-refractivity contribution in [2.75, 3.05) is 6.61 Å².